The number of carbonyl (C=O) groups excluding carboxylic acids is 1. The molecule has 0 saturated carbocycles. The molecule has 0 saturated heterocycles. The number of halogens is 1. The highest BCUT2D eigenvalue weighted by Crippen LogP contribution is 2.15. The summed E-state index contributed by atoms with van der Waals surface area (Å²) in [6.45, 7) is 1.73. The summed E-state index contributed by atoms with van der Waals surface area (Å²) >= 11 is 0. The summed E-state index contributed by atoms with van der Waals surface area (Å²) < 4.78 is 1.62. The number of quaternary nitrogens is 2. The fourth-order valence-corrected chi connectivity index (χ4v) is 2.38. The second kappa shape index (κ2) is 7.34. The zero-order chi connectivity index (χ0) is 14.7. The van der Waals surface area contributed by atoms with Gasteiger partial charge >= 0.3 is 0 Å². The first-order valence-electron chi connectivity index (χ1n) is 6.79. The predicted octanol–water partition coefficient (Wildman–Crippen LogP) is -1.10. The molecular weight excluding hydrogens is 316 g/mol. The van der Waals surface area contributed by atoms with E-state index in [0.29, 0.717) is 0 Å². The molecule has 1 aromatic rings. The van der Waals surface area contributed by atoms with Gasteiger partial charge in [-0.25, -0.2) is 0 Å². The van der Waals surface area contributed by atoms with Crippen LogP contribution < -0.4 is 17.0 Å². The standard InChI is InChI=1S/C16H28N2O.BrH/c1-17(2,3)12-15(13-18(4,5)6)16(19)14-10-8-7-9-11-14;/h7-11,15H,12-13H2,1-6H3;1H/q+2;/p-1. The molecule has 0 aliphatic heterocycles. The van der Waals surface area contributed by atoms with Crippen molar-refractivity contribution in [3.63, 3.8) is 0 Å². The molecule has 0 atom stereocenters. The third-order valence-electron chi connectivity index (χ3n) is 2.97. The van der Waals surface area contributed by atoms with Crippen molar-refractivity contribution < 1.29 is 30.7 Å². The number of hydrogen-bond donors (Lipinski definition) is 0. The Labute approximate surface area is 134 Å². The Morgan fingerprint density at radius 2 is 1.30 bits per heavy atom. The van der Waals surface area contributed by atoms with E-state index in [1.807, 2.05) is 30.3 Å². The SMILES string of the molecule is C[N+](C)(C)CC(C[N+](C)(C)C)C(=O)c1ccccc1.[Br-]. The van der Waals surface area contributed by atoms with Crippen LogP contribution in [0.25, 0.3) is 0 Å². The third kappa shape index (κ3) is 7.17. The molecule has 1 rings (SSSR count). The van der Waals surface area contributed by atoms with Gasteiger partial charge in [-0.05, 0) is 0 Å². The highest BCUT2D eigenvalue weighted by Gasteiger charge is 2.31. The van der Waals surface area contributed by atoms with Gasteiger partial charge in [0.2, 0.25) is 0 Å². The average Bonchev–Trinajstić information content (AvgIpc) is 2.24. The maximum absolute atomic E-state index is 12.7. The monoisotopic (exact) mass is 343 g/mol. The molecule has 20 heavy (non-hydrogen) atoms. The molecule has 0 aromatic heterocycles. The average molecular weight is 344 g/mol. The van der Waals surface area contributed by atoms with Gasteiger partial charge in [-0.1, -0.05) is 30.3 Å². The van der Waals surface area contributed by atoms with E-state index in [1.54, 1.807) is 0 Å². The Morgan fingerprint density at radius 3 is 1.65 bits per heavy atom. The number of nitrogens with zero attached hydrogens (tertiary/aromatic N) is 2. The topological polar surface area (TPSA) is 17.1 Å². The van der Waals surface area contributed by atoms with E-state index >= 15 is 0 Å². The van der Waals surface area contributed by atoms with Crippen LogP contribution in [0.2, 0.25) is 0 Å². The molecule has 0 fully saturated rings. The van der Waals surface area contributed by atoms with Crippen LogP contribution >= 0.6 is 0 Å². The normalized spacial score (nSPS) is 12.2. The van der Waals surface area contributed by atoms with Crippen molar-refractivity contribution in [1.29, 1.82) is 0 Å². The molecule has 0 heterocycles. The fourth-order valence-electron chi connectivity index (χ4n) is 2.38. The van der Waals surface area contributed by atoms with Gasteiger partial charge < -0.3 is 25.9 Å². The van der Waals surface area contributed by atoms with Crippen LogP contribution in [-0.2, 0) is 0 Å². The maximum Gasteiger partial charge on any atom is 0.177 e. The lowest BCUT2D eigenvalue weighted by molar-refractivity contribution is -0.894. The Kier molecular flexibility index (Phi) is 7.08. The summed E-state index contributed by atoms with van der Waals surface area (Å²) in [4.78, 5) is 12.7. The minimum Gasteiger partial charge on any atom is -1.00 e. The van der Waals surface area contributed by atoms with Gasteiger partial charge in [0.25, 0.3) is 0 Å². The van der Waals surface area contributed by atoms with Crippen LogP contribution in [-0.4, -0.2) is 70.1 Å². The van der Waals surface area contributed by atoms with Crippen molar-refractivity contribution in [3.8, 4) is 0 Å². The lowest BCUT2D eigenvalue weighted by Crippen LogP contribution is -3.00. The van der Waals surface area contributed by atoms with Crippen molar-refractivity contribution in [2.45, 2.75) is 0 Å². The lowest BCUT2D eigenvalue weighted by atomic mass is 9.95. The summed E-state index contributed by atoms with van der Waals surface area (Å²) in [5.41, 5.74) is 0.828. The molecular formula is C16H28BrN2O+. The number of ketones is 1. The van der Waals surface area contributed by atoms with Gasteiger partial charge in [0, 0.05) is 5.56 Å². The van der Waals surface area contributed by atoms with Crippen LogP contribution in [0.1, 0.15) is 10.4 Å². The first-order chi connectivity index (χ1) is 8.58. The van der Waals surface area contributed by atoms with Crippen molar-refractivity contribution >= 4 is 5.78 Å². The van der Waals surface area contributed by atoms with Gasteiger partial charge in [-0.2, -0.15) is 0 Å². The highest BCUT2D eigenvalue weighted by atomic mass is 79.9. The largest absolute Gasteiger partial charge is 1.00 e. The Balaban J connectivity index is 0.00000361. The summed E-state index contributed by atoms with van der Waals surface area (Å²) in [7, 11) is 12.8. The maximum atomic E-state index is 12.7. The van der Waals surface area contributed by atoms with Crippen LogP contribution in [0.3, 0.4) is 0 Å². The van der Waals surface area contributed by atoms with E-state index < -0.39 is 0 Å². The molecule has 114 valence electrons. The second-order valence-electron chi connectivity index (χ2n) is 7.37. The van der Waals surface area contributed by atoms with Gasteiger partial charge in [0.15, 0.2) is 5.78 Å². The van der Waals surface area contributed by atoms with Crippen molar-refractivity contribution in [2.24, 2.45) is 5.92 Å². The van der Waals surface area contributed by atoms with Gasteiger partial charge in [-0.3, -0.25) is 4.79 Å². The van der Waals surface area contributed by atoms with Crippen LogP contribution in [0, 0.1) is 5.92 Å². The van der Waals surface area contributed by atoms with E-state index in [9.17, 15) is 4.79 Å². The summed E-state index contributed by atoms with van der Waals surface area (Å²) in [5.74, 6) is 0.323. The van der Waals surface area contributed by atoms with E-state index in [0.717, 1.165) is 27.6 Å². The summed E-state index contributed by atoms with van der Waals surface area (Å²) in [6.07, 6.45) is 0. The summed E-state index contributed by atoms with van der Waals surface area (Å²) in [5, 5.41) is 0. The molecule has 0 aliphatic carbocycles. The fraction of sp³-hybridized carbons (Fsp3) is 0.562. The first-order valence-corrected chi connectivity index (χ1v) is 6.79. The number of rotatable bonds is 6. The molecule has 0 aliphatic rings. The molecule has 0 N–H and O–H groups in total. The minimum atomic E-state index is 0. The number of carbonyl (C=O) groups is 1. The zero-order valence-electron chi connectivity index (χ0n) is 13.6. The number of benzene rings is 1. The molecule has 0 bridgehead atoms. The lowest BCUT2D eigenvalue weighted by Gasteiger charge is -2.33. The van der Waals surface area contributed by atoms with Crippen molar-refractivity contribution in [3.05, 3.63) is 35.9 Å². The van der Waals surface area contributed by atoms with E-state index in [1.165, 1.54) is 0 Å². The van der Waals surface area contributed by atoms with Crippen LogP contribution in [0.5, 0.6) is 0 Å². The highest BCUT2D eigenvalue weighted by molar-refractivity contribution is 5.98. The molecule has 0 unspecified atom stereocenters. The molecule has 0 amide bonds. The molecule has 0 radical (unpaired) electrons. The van der Waals surface area contributed by atoms with Crippen LogP contribution in [0.15, 0.2) is 30.3 Å². The summed E-state index contributed by atoms with van der Waals surface area (Å²) in [6, 6.07) is 9.65. The zero-order valence-corrected chi connectivity index (χ0v) is 15.1. The van der Waals surface area contributed by atoms with Gasteiger partial charge in [0.1, 0.15) is 5.92 Å². The van der Waals surface area contributed by atoms with E-state index in [-0.39, 0.29) is 28.7 Å². The first kappa shape index (κ1) is 19.3. The van der Waals surface area contributed by atoms with E-state index in [2.05, 4.69) is 42.3 Å². The Hall–Kier alpha value is -0.710. The Bertz CT molecular complexity index is 402. The molecule has 4 heteroatoms. The van der Waals surface area contributed by atoms with Crippen LogP contribution in [0.4, 0.5) is 0 Å². The van der Waals surface area contributed by atoms with E-state index in [4.69, 9.17) is 0 Å². The Morgan fingerprint density at radius 1 is 0.900 bits per heavy atom. The van der Waals surface area contributed by atoms with Crippen molar-refractivity contribution in [2.75, 3.05) is 55.4 Å². The predicted molar refractivity (Wildman–Crippen MR) is 80.1 cm³/mol. The smallest absolute Gasteiger partial charge is 0.177 e. The van der Waals surface area contributed by atoms with Crippen molar-refractivity contribution in [1.82, 2.24) is 0 Å². The second-order valence-corrected chi connectivity index (χ2v) is 7.37. The molecule has 0 spiro atoms. The molecule has 3 nitrogen and oxygen atoms in total. The van der Waals surface area contributed by atoms with Gasteiger partial charge in [0.05, 0.1) is 55.4 Å². The quantitative estimate of drug-likeness (QED) is 0.473. The molecule has 1 aromatic carbocycles. The number of Topliss-reactive ketones (excluding diaryl/α,β-unsaturated/α-hetero) is 1. The third-order valence-corrected chi connectivity index (χ3v) is 2.97. The van der Waals surface area contributed by atoms with Gasteiger partial charge in [-0.15, -0.1) is 0 Å². The minimum absolute atomic E-state index is 0. The number of hydrogen-bond acceptors (Lipinski definition) is 1.